The zero-order valence-corrected chi connectivity index (χ0v) is 16.4. The van der Waals surface area contributed by atoms with Gasteiger partial charge < -0.3 is 15.2 Å². The van der Waals surface area contributed by atoms with Crippen LogP contribution in [0.4, 0.5) is 5.69 Å². The molecule has 0 saturated carbocycles. The monoisotopic (exact) mass is 398 g/mol. The fourth-order valence-corrected chi connectivity index (χ4v) is 3.37. The molecule has 0 bridgehead atoms. The Morgan fingerprint density at radius 3 is 2.64 bits per heavy atom. The first-order valence-electron chi connectivity index (χ1n) is 9.20. The van der Waals surface area contributed by atoms with Gasteiger partial charge in [0, 0.05) is 23.5 Å². The normalized spacial score (nSPS) is 12.1. The van der Waals surface area contributed by atoms with Gasteiger partial charge in [0.25, 0.3) is 0 Å². The van der Waals surface area contributed by atoms with Gasteiger partial charge in [-0.1, -0.05) is 48.9 Å². The van der Waals surface area contributed by atoms with Crippen molar-refractivity contribution in [2.24, 2.45) is 0 Å². The molecule has 0 aromatic heterocycles. The quantitative estimate of drug-likeness (QED) is 0.482. The third kappa shape index (κ3) is 4.62. The fraction of sp³-hybridized carbons (Fsp3) is 0.227. The van der Waals surface area contributed by atoms with Gasteiger partial charge in [-0.3, -0.25) is 0 Å². The largest absolute Gasteiger partial charge is 0.478 e. The molecule has 0 heterocycles. The lowest BCUT2D eigenvalue weighted by atomic mass is 10.0. The Labute approximate surface area is 169 Å². The molecule has 1 atom stereocenters. The van der Waals surface area contributed by atoms with E-state index in [1.54, 1.807) is 24.3 Å². The maximum Gasteiger partial charge on any atom is 0.335 e. The Morgan fingerprint density at radius 2 is 1.93 bits per heavy atom. The number of carbonyl (C=O) groups is 1. The van der Waals surface area contributed by atoms with E-state index in [2.05, 4.69) is 12.3 Å². The average molecular weight is 399 g/mol. The number of halogens is 1. The number of rotatable bonds is 8. The van der Waals surface area contributed by atoms with E-state index in [-0.39, 0.29) is 5.56 Å². The molecule has 0 unspecified atom stereocenters. The lowest BCUT2D eigenvalue weighted by Crippen LogP contribution is -2.41. The Kier molecular flexibility index (Phi) is 6.52. The number of hydrazine groups is 1. The number of hydrogen-bond donors (Lipinski definition) is 3. The number of aliphatic hydroxyl groups excluding tert-OH is 1. The van der Waals surface area contributed by atoms with Crippen LogP contribution >= 0.6 is 11.6 Å². The molecule has 3 aromatic carbocycles. The smallest absolute Gasteiger partial charge is 0.335 e. The Bertz CT molecular complexity index is 977. The van der Waals surface area contributed by atoms with Gasteiger partial charge in [0.1, 0.15) is 0 Å². The van der Waals surface area contributed by atoms with E-state index in [1.165, 1.54) is 0 Å². The summed E-state index contributed by atoms with van der Waals surface area (Å²) in [5.74, 6) is -0.944. The number of benzene rings is 3. The van der Waals surface area contributed by atoms with Crippen LogP contribution in [0.15, 0.2) is 60.7 Å². The highest BCUT2D eigenvalue weighted by atomic mass is 35.5. The van der Waals surface area contributed by atoms with Gasteiger partial charge >= 0.3 is 5.97 Å². The molecule has 28 heavy (non-hydrogen) atoms. The van der Waals surface area contributed by atoms with Gasteiger partial charge in [-0.2, -0.15) is 0 Å². The van der Waals surface area contributed by atoms with Crippen LogP contribution in [0.3, 0.4) is 0 Å². The maximum absolute atomic E-state index is 11.2. The van der Waals surface area contributed by atoms with E-state index in [1.807, 2.05) is 41.4 Å². The summed E-state index contributed by atoms with van der Waals surface area (Å²) in [4.78, 5) is 11.2. The molecule has 146 valence electrons. The van der Waals surface area contributed by atoms with Crippen LogP contribution in [0.5, 0.6) is 0 Å². The molecule has 0 aliphatic heterocycles. The summed E-state index contributed by atoms with van der Waals surface area (Å²) in [5.41, 5.74) is 5.26. The van der Waals surface area contributed by atoms with Crippen molar-refractivity contribution in [3.8, 4) is 0 Å². The first-order valence-corrected chi connectivity index (χ1v) is 9.58. The molecular formula is C22H23ClN2O3. The summed E-state index contributed by atoms with van der Waals surface area (Å²) >= 11 is 6.01. The summed E-state index contributed by atoms with van der Waals surface area (Å²) in [5, 5.41) is 24.1. The summed E-state index contributed by atoms with van der Waals surface area (Å²) in [7, 11) is 0. The fourth-order valence-electron chi connectivity index (χ4n) is 3.17. The van der Waals surface area contributed by atoms with Crippen LogP contribution < -0.4 is 10.4 Å². The number of nitrogens with one attached hydrogen (secondary N) is 1. The molecule has 6 heteroatoms. The molecule has 0 saturated heterocycles. The second-order valence-corrected chi connectivity index (χ2v) is 7.04. The number of aromatic carboxylic acids is 1. The summed E-state index contributed by atoms with van der Waals surface area (Å²) in [6.07, 6.45) is 0.204. The molecule has 0 radical (unpaired) electrons. The van der Waals surface area contributed by atoms with E-state index in [0.717, 1.165) is 35.0 Å². The number of aliphatic hydroxyl groups is 1. The molecule has 3 N–H and O–H groups in total. The summed E-state index contributed by atoms with van der Waals surface area (Å²) in [6.45, 7) is 3.14. The van der Waals surface area contributed by atoms with Crippen molar-refractivity contribution in [3.05, 3.63) is 76.8 Å². The number of carboxylic acid groups (broad SMARTS) is 1. The van der Waals surface area contributed by atoms with Crippen molar-refractivity contribution in [1.29, 1.82) is 0 Å². The second-order valence-electron chi connectivity index (χ2n) is 6.60. The summed E-state index contributed by atoms with van der Waals surface area (Å²) < 4.78 is 0. The van der Waals surface area contributed by atoms with Crippen LogP contribution in [0.2, 0.25) is 5.02 Å². The van der Waals surface area contributed by atoms with Crippen LogP contribution in [0.1, 0.15) is 35.4 Å². The van der Waals surface area contributed by atoms with Crippen molar-refractivity contribution in [1.82, 2.24) is 5.43 Å². The van der Waals surface area contributed by atoms with Crippen molar-refractivity contribution in [2.75, 3.05) is 18.1 Å². The minimum atomic E-state index is -0.944. The highest BCUT2D eigenvalue weighted by Crippen LogP contribution is 2.27. The van der Waals surface area contributed by atoms with E-state index in [0.29, 0.717) is 11.6 Å². The standard InChI is InChI=1S/C22H23ClN2O3/c1-2-11-25(24-14-21(26)16-6-3-7-18(23)13-16)20-8-4-5-15-12-17(22(27)28)9-10-19(15)20/h3-10,12-13,21,24,26H,2,11,14H2,1H3,(H,27,28)/t21-/m0/s1. The lowest BCUT2D eigenvalue weighted by molar-refractivity contribution is 0.0697. The lowest BCUT2D eigenvalue weighted by Gasteiger charge is -2.28. The average Bonchev–Trinajstić information content (AvgIpc) is 2.70. The van der Waals surface area contributed by atoms with Crippen LogP contribution in [-0.4, -0.2) is 29.3 Å². The zero-order valence-electron chi connectivity index (χ0n) is 15.6. The number of fused-ring (bicyclic) bond motifs is 1. The predicted octanol–water partition coefficient (Wildman–Crippen LogP) is 4.65. The first kappa shape index (κ1) is 20.1. The van der Waals surface area contributed by atoms with Gasteiger partial charge in [0.2, 0.25) is 0 Å². The third-order valence-corrected chi connectivity index (χ3v) is 4.79. The van der Waals surface area contributed by atoms with E-state index in [9.17, 15) is 15.0 Å². The van der Waals surface area contributed by atoms with Gasteiger partial charge in [0.15, 0.2) is 0 Å². The molecule has 5 nitrogen and oxygen atoms in total. The molecule has 0 fully saturated rings. The Hall–Kier alpha value is -2.60. The van der Waals surface area contributed by atoms with Crippen molar-refractivity contribution < 1.29 is 15.0 Å². The maximum atomic E-state index is 11.2. The van der Waals surface area contributed by atoms with Crippen LogP contribution in [0, 0.1) is 0 Å². The minimum Gasteiger partial charge on any atom is -0.478 e. The first-order chi connectivity index (χ1) is 13.5. The van der Waals surface area contributed by atoms with Gasteiger partial charge in [-0.05, 0) is 47.7 Å². The molecule has 0 spiro atoms. The van der Waals surface area contributed by atoms with Crippen LogP contribution in [0.25, 0.3) is 10.8 Å². The highest BCUT2D eigenvalue weighted by molar-refractivity contribution is 6.30. The van der Waals surface area contributed by atoms with Gasteiger partial charge in [-0.15, -0.1) is 0 Å². The van der Waals surface area contributed by atoms with Crippen molar-refractivity contribution in [2.45, 2.75) is 19.4 Å². The third-order valence-electron chi connectivity index (χ3n) is 4.55. The van der Waals surface area contributed by atoms with E-state index >= 15 is 0 Å². The number of nitrogens with zero attached hydrogens (tertiary/aromatic N) is 1. The number of hydrogen-bond acceptors (Lipinski definition) is 4. The van der Waals surface area contributed by atoms with Crippen molar-refractivity contribution in [3.63, 3.8) is 0 Å². The molecule has 0 amide bonds. The Morgan fingerprint density at radius 1 is 1.14 bits per heavy atom. The molecule has 3 rings (SSSR count). The second kappa shape index (κ2) is 9.06. The number of carboxylic acids is 1. The predicted molar refractivity (Wildman–Crippen MR) is 113 cm³/mol. The SMILES string of the molecule is CCCN(NC[C@H](O)c1cccc(Cl)c1)c1cccc2cc(C(=O)O)ccc12. The minimum absolute atomic E-state index is 0.260. The Balaban J connectivity index is 1.84. The summed E-state index contributed by atoms with van der Waals surface area (Å²) in [6, 6.07) is 18.1. The molecule has 0 aliphatic carbocycles. The molecule has 3 aromatic rings. The highest BCUT2D eigenvalue weighted by Gasteiger charge is 2.14. The molecule has 0 aliphatic rings. The van der Waals surface area contributed by atoms with Gasteiger partial charge in [0.05, 0.1) is 17.4 Å². The number of anilines is 1. The topological polar surface area (TPSA) is 72.8 Å². The van der Waals surface area contributed by atoms with Gasteiger partial charge in [-0.25, -0.2) is 10.2 Å². The molecular weight excluding hydrogens is 376 g/mol. The zero-order chi connectivity index (χ0) is 20.1. The van der Waals surface area contributed by atoms with Crippen LogP contribution in [-0.2, 0) is 0 Å². The van der Waals surface area contributed by atoms with E-state index < -0.39 is 12.1 Å². The van der Waals surface area contributed by atoms with Crippen molar-refractivity contribution >= 4 is 34.0 Å². The van der Waals surface area contributed by atoms with E-state index in [4.69, 9.17) is 11.6 Å².